The van der Waals surface area contributed by atoms with Crippen LogP contribution in [0.25, 0.3) is 0 Å². The molecule has 0 aliphatic heterocycles. The molecule has 0 bridgehead atoms. The Hall–Kier alpha value is 0.210. The fourth-order valence-corrected chi connectivity index (χ4v) is 1.07. The summed E-state index contributed by atoms with van der Waals surface area (Å²) in [4.78, 5) is 0. The number of quaternary nitrogens is 1. The highest BCUT2D eigenvalue weighted by atomic mass is 35.5. The first kappa shape index (κ1) is 9.21. The molecular weight excluding hydrogens is 138 g/mol. The molecule has 2 nitrogen and oxygen atoms in total. The Bertz CT molecular complexity index is 79.6. The lowest BCUT2D eigenvalue weighted by Crippen LogP contribution is -2.40. The third-order valence-corrected chi connectivity index (χ3v) is 1.22. The number of hydrogen-bond acceptors (Lipinski definition) is 1. The van der Waals surface area contributed by atoms with E-state index in [0.29, 0.717) is 0 Å². The molecule has 0 radical (unpaired) electrons. The maximum absolute atomic E-state index is 8.56. The first-order valence-electron chi connectivity index (χ1n) is 3.01. The first-order chi connectivity index (χ1) is 3.95. The van der Waals surface area contributed by atoms with E-state index in [1.54, 1.807) is 0 Å². The number of aliphatic hydroxyl groups excluding tert-OH is 1. The van der Waals surface area contributed by atoms with E-state index in [1.165, 1.54) is 0 Å². The van der Waals surface area contributed by atoms with Gasteiger partial charge in [-0.1, -0.05) is 0 Å². The quantitative estimate of drug-likeness (QED) is 0.456. The molecular formula is C6H15ClNO+. The topological polar surface area (TPSA) is 20.2 Å². The van der Waals surface area contributed by atoms with Gasteiger partial charge >= 0.3 is 0 Å². The summed E-state index contributed by atoms with van der Waals surface area (Å²) in [5.41, 5.74) is 0. The van der Waals surface area contributed by atoms with E-state index in [2.05, 4.69) is 0 Å². The van der Waals surface area contributed by atoms with Gasteiger partial charge in [-0.3, -0.25) is 0 Å². The molecule has 1 atom stereocenters. The van der Waals surface area contributed by atoms with Crippen molar-refractivity contribution in [2.75, 3.05) is 34.3 Å². The molecule has 0 aromatic heterocycles. The van der Waals surface area contributed by atoms with Crippen molar-refractivity contribution >= 4 is 11.6 Å². The van der Waals surface area contributed by atoms with Crippen molar-refractivity contribution in [3.05, 3.63) is 0 Å². The van der Waals surface area contributed by atoms with Crippen LogP contribution in [-0.4, -0.2) is 49.3 Å². The zero-order chi connectivity index (χ0) is 7.49. The first-order valence-corrected chi connectivity index (χ1v) is 3.45. The minimum Gasteiger partial charge on any atom is -0.395 e. The van der Waals surface area contributed by atoms with Crippen molar-refractivity contribution in [1.29, 1.82) is 0 Å². The lowest BCUT2D eigenvalue weighted by atomic mass is 10.4. The second-order valence-corrected chi connectivity index (χ2v) is 3.87. The minimum absolute atomic E-state index is 0.0665. The van der Waals surface area contributed by atoms with Crippen LogP contribution in [0, 0.1) is 0 Å². The SMILES string of the molecule is C[N+](C)(C)CC(Cl)CO. The summed E-state index contributed by atoms with van der Waals surface area (Å²) in [6.07, 6.45) is 0. The number of hydrogen-bond donors (Lipinski definition) is 1. The molecule has 0 aromatic carbocycles. The van der Waals surface area contributed by atoms with Gasteiger partial charge in [-0.15, -0.1) is 11.6 Å². The number of aliphatic hydroxyl groups is 1. The van der Waals surface area contributed by atoms with Crippen LogP contribution in [0.5, 0.6) is 0 Å². The van der Waals surface area contributed by atoms with Gasteiger partial charge in [-0.05, 0) is 0 Å². The molecule has 3 heteroatoms. The molecule has 0 aromatic rings. The summed E-state index contributed by atoms with van der Waals surface area (Å²) >= 11 is 5.68. The normalized spacial score (nSPS) is 15.7. The monoisotopic (exact) mass is 152 g/mol. The molecule has 1 N–H and O–H groups in total. The van der Waals surface area contributed by atoms with E-state index in [4.69, 9.17) is 16.7 Å². The lowest BCUT2D eigenvalue weighted by molar-refractivity contribution is -0.870. The molecule has 0 amide bonds. The van der Waals surface area contributed by atoms with Gasteiger partial charge in [-0.2, -0.15) is 0 Å². The van der Waals surface area contributed by atoms with Gasteiger partial charge in [0.25, 0.3) is 0 Å². The van der Waals surface area contributed by atoms with Crippen LogP contribution in [0.3, 0.4) is 0 Å². The van der Waals surface area contributed by atoms with Crippen LogP contribution in [0.15, 0.2) is 0 Å². The smallest absolute Gasteiger partial charge is 0.106 e. The van der Waals surface area contributed by atoms with Gasteiger partial charge in [0, 0.05) is 0 Å². The summed E-state index contributed by atoms with van der Waals surface area (Å²) in [6.45, 7) is 0.870. The van der Waals surface area contributed by atoms with E-state index in [1.807, 2.05) is 21.1 Å². The summed E-state index contributed by atoms with van der Waals surface area (Å²) in [5, 5.41) is 8.45. The van der Waals surface area contributed by atoms with Crippen molar-refractivity contribution in [2.24, 2.45) is 0 Å². The van der Waals surface area contributed by atoms with Crippen LogP contribution < -0.4 is 0 Å². The minimum atomic E-state index is -0.106. The summed E-state index contributed by atoms with van der Waals surface area (Å²) in [6, 6.07) is 0. The van der Waals surface area contributed by atoms with Crippen LogP contribution >= 0.6 is 11.6 Å². The highest BCUT2D eigenvalue weighted by Gasteiger charge is 2.13. The molecule has 0 heterocycles. The van der Waals surface area contributed by atoms with Gasteiger partial charge in [-0.25, -0.2) is 0 Å². The van der Waals surface area contributed by atoms with Gasteiger partial charge in [0.2, 0.25) is 0 Å². The van der Waals surface area contributed by atoms with Gasteiger partial charge in [0.15, 0.2) is 0 Å². The average Bonchev–Trinajstić information content (AvgIpc) is 1.62. The van der Waals surface area contributed by atoms with E-state index in [0.717, 1.165) is 11.0 Å². The predicted molar refractivity (Wildman–Crippen MR) is 39.6 cm³/mol. The lowest BCUT2D eigenvalue weighted by Gasteiger charge is -2.25. The van der Waals surface area contributed by atoms with Crippen molar-refractivity contribution in [2.45, 2.75) is 5.38 Å². The molecule has 0 spiro atoms. The highest BCUT2D eigenvalue weighted by Crippen LogP contribution is 2.00. The molecule has 0 fully saturated rings. The molecule has 1 unspecified atom stereocenters. The largest absolute Gasteiger partial charge is 0.395 e. The second kappa shape index (κ2) is 3.40. The Labute approximate surface area is 61.6 Å². The predicted octanol–water partition coefficient (Wildman–Crippen LogP) is 0.292. The fraction of sp³-hybridized carbons (Fsp3) is 1.00. The summed E-state index contributed by atoms with van der Waals surface area (Å²) < 4.78 is 0.800. The molecule has 0 saturated carbocycles. The number of alkyl halides is 1. The van der Waals surface area contributed by atoms with Crippen molar-refractivity contribution in [1.82, 2.24) is 0 Å². The van der Waals surface area contributed by atoms with Gasteiger partial charge in [0.05, 0.1) is 34.3 Å². The summed E-state index contributed by atoms with van der Waals surface area (Å²) in [7, 11) is 6.14. The third kappa shape index (κ3) is 6.09. The number of rotatable bonds is 3. The van der Waals surface area contributed by atoms with E-state index >= 15 is 0 Å². The molecule has 56 valence electrons. The standard InChI is InChI=1S/C6H15ClNO/c1-8(2,3)4-6(7)5-9/h6,9H,4-5H2,1-3H3/q+1. The zero-order valence-corrected chi connectivity index (χ0v) is 7.02. The zero-order valence-electron chi connectivity index (χ0n) is 6.26. The van der Waals surface area contributed by atoms with E-state index in [9.17, 15) is 0 Å². The highest BCUT2D eigenvalue weighted by molar-refractivity contribution is 6.20. The Kier molecular flexibility index (Phi) is 3.48. The number of nitrogens with zero attached hydrogens (tertiary/aromatic N) is 1. The van der Waals surface area contributed by atoms with Crippen LogP contribution in [0.4, 0.5) is 0 Å². The Morgan fingerprint density at radius 1 is 1.44 bits per heavy atom. The van der Waals surface area contributed by atoms with Crippen molar-refractivity contribution in [3.63, 3.8) is 0 Å². The van der Waals surface area contributed by atoms with Crippen LogP contribution in [0.1, 0.15) is 0 Å². The van der Waals surface area contributed by atoms with Crippen molar-refractivity contribution < 1.29 is 9.59 Å². The molecule has 0 saturated heterocycles. The Morgan fingerprint density at radius 2 is 1.89 bits per heavy atom. The molecule has 0 aliphatic rings. The second-order valence-electron chi connectivity index (χ2n) is 3.25. The van der Waals surface area contributed by atoms with Crippen LogP contribution in [0.2, 0.25) is 0 Å². The Balaban J connectivity index is 3.47. The number of halogens is 1. The maximum Gasteiger partial charge on any atom is 0.106 e. The van der Waals surface area contributed by atoms with Crippen LogP contribution in [-0.2, 0) is 0 Å². The van der Waals surface area contributed by atoms with E-state index in [-0.39, 0.29) is 12.0 Å². The third-order valence-electron chi connectivity index (χ3n) is 0.944. The molecule has 0 aliphatic carbocycles. The molecule has 9 heavy (non-hydrogen) atoms. The van der Waals surface area contributed by atoms with Gasteiger partial charge < -0.3 is 9.59 Å². The van der Waals surface area contributed by atoms with Gasteiger partial charge in [0.1, 0.15) is 5.38 Å². The Morgan fingerprint density at radius 3 is 2.00 bits per heavy atom. The maximum atomic E-state index is 8.56. The van der Waals surface area contributed by atoms with E-state index < -0.39 is 0 Å². The van der Waals surface area contributed by atoms with Crippen molar-refractivity contribution in [3.8, 4) is 0 Å². The average molecular weight is 153 g/mol. The summed E-state index contributed by atoms with van der Waals surface area (Å²) in [5.74, 6) is 0. The molecule has 0 rings (SSSR count). The fourth-order valence-electron chi connectivity index (χ4n) is 0.652.